The number of fused-ring (bicyclic) bond motifs is 3. The number of carboxylic acid groups (broad SMARTS) is 1. The molecule has 2 heterocycles. The maximum absolute atomic E-state index is 11.9. The van der Waals surface area contributed by atoms with E-state index in [1.165, 1.54) is 0 Å². The second-order valence-electron chi connectivity index (χ2n) is 6.77. The summed E-state index contributed by atoms with van der Waals surface area (Å²) in [6.45, 7) is 6.11. The molecule has 0 aliphatic carbocycles. The van der Waals surface area contributed by atoms with Crippen molar-refractivity contribution in [2.75, 3.05) is 6.61 Å². The van der Waals surface area contributed by atoms with Crippen molar-refractivity contribution in [3.8, 4) is 11.1 Å². The molecule has 0 fully saturated rings. The minimum atomic E-state index is -0.960. The average molecular weight is 408 g/mol. The molecule has 2 aromatic heterocycles. The van der Waals surface area contributed by atoms with Crippen molar-refractivity contribution in [1.29, 1.82) is 0 Å². The Balaban J connectivity index is 1.99. The standard InChI is InChI=1S/C22H20N2O4S/c1-4-27-28-29-15-7-5-6-14(9-15)17-10-16(22(25)26)13(3)20-19(17)18-8-12(2)11-23-21(18)24-20/h5-11H,4H2,1-3H3,(H,23,24)(H,25,26). The lowest BCUT2D eigenvalue weighted by Crippen LogP contribution is -2.01. The Hall–Kier alpha value is -2.87. The molecule has 4 aromatic rings. The summed E-state index contributed by atoms with van der Waals surface area (Å²) in [5.41, 5.74) is 5.25. The summed E-state index contributed by atoms with van der Waals surface area (Å²) in [6, 6.07) is 11.6. The average Bonchev–Trinajstić information content (AvgIpc) is 3.08. The van der Waals surface area contributed by atoms with Gasteiger partial charge < -0.3 is 10.1 Å². The number of benzene rings is 2. The number of hydrogen-bond donors (Lipinski definition) is 2. The number of nitrogens with one attached hydrogen (secondary N) is 1. The first-order valence-corrected chi connectivity index (χ1v) is 9.95. The minimum Gasteiger partial charge on any atom is -0.478 e. The minimum absolute atomic E-state index is 0.263. The van der Waals surface area contributed by atoms with Gasteiger partial charge in [0.1, 0.15) is 5.65 Å². The van der Waals surface area contributed by atoms with Crippen LogP contribution in [0.25, 0.3) is 33.1 Å². The molecule has 2 aromatic carbocycles. The van der Waals surface area contributed by atoms with E-state index in [-0.39, 0.29) is 5.56 Å². The lowest BCUT2D eigenvalue weighted by atomic mass is 9.94. The number of carboxylic acids is 1. The van der Waals surface area contributed by atoms with E-state index in [0.717, 1.165) is 55.6 Å². The van der Waals surface area contributed by atoms with Gasteiger partial charge in [-0.25, -0.2) is 14.7 Å². The first-order chi connectivity index (χ1) is 14.0. The van der Waals surface area contributed by atoms with Gasteiger partial charge >= 0.3 is 5.97 Å². The summed E-state index contributed by atoms with van der Waals surface area (Å²) in [4.78, 5) is 25.5. The Labute approximate surface area is 172 Å². The molecular weight excluding hydrogens is 388 g/mol. The lowest BCUT2D eigenvalue weighted by Gasteiger charge is -2.11. The first-order valence-electron chi connectivity index (χ1n) is 9.21. The molecule has 0 radical (unpaired) electrons. The lowest BCUT2D eigenvalue weighted by molar-refractivity contribution is -0.185. The Morgan fingerprint density at radius 2 is 2.07 bits per heavy atom. The van der Waals surface area contributed by atoms with E-state index < -0.39 is 5.97 Å². The second kappa shape index (κ2) is 7.87. The van der Waals surface area contributed by atoms with Gasteiger partial charge in [0.15, 0.2) is 0 Å². The highest BCUT2D eigenvalue weighted by Crippen LogP contribution is 2.38. The van der Waals surface area contributed by atoms with Gasteiger partial charge in [-0.1, -0.05) is 12.1 Å². The summed E-state index contributed by atoms with van der Waals surface area (Å²) in [5.74, 6) is -0.960. The SMILES string of the molecule is CCOOSc1cccc(-c2cc(C(=O)O)c(C)c3[nH]c4ncc(C)cc4c23)c1. The number of H-pyrrole nitrogens is 1. The fraction of sp³-hybridized carbons (Fsp3) is 0.182. The number of carbonyl (C=O) groups is 1. The van der Waals surface area contributed by atoms with Crippen LogP contribution < -0.4 is 0 Å². The highest BCUT2D eigenvalue weighted by molar-refractivity contribution is 7.94. The third kappa shape index (κ3) is 3.60. The predicted molar refractivity (Wildman–Crippen MR) is 114 cm³/mol. The number of aryl methyl sites for hydroxylation is 2. The van der Waals surface area contributed by atoms with Crippen LogP contribution in [0.15, 0.2) is 47.5 Å². The maximum Gasteiger partial charge on any atom is 0.336 e. The van der Waals surface area contributed by atoms with E-state index in [1.807, 2.05) is 45.0 Å². The van der Waals surface area contributed by atoms with Crippen LogP contribution in [0.2, 0.25) is 0 Å². The van der Waals surface area contributed by atoms with Gasteiger partial charge in [0, 0.05) is 21.9 Å². The maximum atomic E-state index is 11.9. The Morgan fingerprint density at radius 3 is 2.83 bits per heavy atom. The third-order valence-electron chi connectivity index (χ3n) is 4.80. The van der Waals surface area contributed by atoms with Gasteiger partial charge in [0.25, 0.3) is 0 Å². The molecule has 4 rings (SSSR count). The molecule has 0 saturated heterocycles. The number of pyridine rings is 1. The van der Waals surface area contributed by atoms with Crippen LogP contribution in [0.5, 0.6) is 0 Å². The Kier molecular flexibility index (Phi) is 5.27. The molecule has 0 amide bonds. The largest absolute Gasteiger partial charge is 0.478 e. The molecule has 0 spiro atoms. The molecule has 29 heavy (non-hydrogen) atoms. The molecule has 0 atom stereocenters. The topological polar surface area (TPSA) is 84.4 Å². The van der Waals surface area contributed by atoms with Crippen molar-refractivity contribution in [2.45, 2.75) is 25.7 Å². The number of hydrogen-bond acceptors (Lipinski definition) is 5. The van der Waals surface area contributed by atoms with Crippen molar-refractivity contribution in [3.63, 3.8) is 0 Å². The van der Waals surface area contributed by atoms with Gasteiger partial charge in [-0.15, -0.1) is 0 Å². The van der Waals surface area contributed by atoms with Crippen LogP contribution >= 0.6 is 12.0 Å². The van der Waals surface area contributed by atoms with Gasteiger partial charge in [-0.2, -0.15) is 4.33 Å². The Morgan fingerprint density at radius 1 is 1.24 bits per heavy atom. The predicted octanol–water partition coefficient (Wildman–Crippen LogP) is 5.67. The summed E-state index contributed by atoms with van der Waals surface area (Å²) in [7, 11) is 0. The molecule has 6 nitrogen and oxygen atoms in total. The zero-order valence-electron chi connectivity index (χ0n) is 16.3. The molecule has 0 aliphatic rings. The van der Waals surface area contributed by atoms with Crippen molar-refractivity contribution < 1.29 is 19.1 Å². The zero-order valence-corrected chi connectivity index (χ0v) is 17.1. The van der Waals surface area contributed by atoms with Crippen LogP contribution in [-0.4, -0.2) is 27.7 Å². The molecule has 7 heteroatoms. The summed E-state index contributed by atoms with van der Waals surface area (Å²) >= 11 is 1.12. The van der Waals surface area contributed by atoms with Crippen LogP contribution in [0.3, 0.4) is 0 Å². The molecule has 2 N–H and O–H groups in total. The molecule has 148 valence electrons. The van der Waals surface area contributed by atoms with Gasteiger partial charge in [-0.3, -0.25) is 0 Å². The second-order valence-corrected chi connectivity index (χ2v) is 7.55. The smallest absolute Gasteiger partial charge is 0.336 e. The fourth-order valence-corrected chi connectivity index (χ4v) is 4.00. The van der Waals surface area contributed by atoms with Crippen LogP contribution in [0, 0.1) is 13.8 Å². The van der Waals surface area contributed by atoms with E-state index in [4.69, 9.17) is 9.22 Å². The summed E-state index contributed by atoms with van der Waals surface area (Å²) in [5, 5.41) is 11.7. The van der Waals surface area contributed by atoms with Crippen molar-refractivity contribution >= 4 is 39.9 Å². The number of aromatic nitrogens is 2. The number of aromatic amines is 1. The highest BCUT2D eigenvalue weighted by Gasteiger charge is 2.19. The van der Waals surface area contributed by atoms with Crippen LogP contribution in [0.4, 0.5) is 0 Å². The number of aromatic carboxylic acids is 1. The Bertz CT molecular complexity index is 1230. The van der Waals surface area contributed by atoms with Crippen molar-refractivity contribution in [3.05, 3.63) is 59.3 Å². The zero-order chi connectivity index (χ0) is 20.5. The van der Waals surface area contributed by atoms with E-state index in [1.54, 1.807) is 12.3 Å². The molecule has 0 saturated carbocycles. The van der Waals surface area contributed by atoms with Crippen LogP contribution in [-0.2, 0) is 9.22 Å². The van der Waals surface area contributed by atoms with Gasteiger partial charge in [-0.05, 0) is 67.3 Å². The van der Waals surface area contributed by atoms with Gasteiger partial charge in [0.05, 0.1) is 29.7 Å². The molecule has 0 unspecified atom stereocenters. The molecule has 0 bridgehead atoms. The number of rotatable bonds is 6. The first kappa shape index (κ1) is 19.4. The van der Waals surface area contributed by atoms with E-state index in [2.05, 4.69) is 16.0 Å². The monoisotopic (exact) mass is 408 g/mol. The number of nitrogens with zero attached hydrogens (tertiary/aromatic N) is 1. The highest BCUT2D eigenvalue weighted by atomic mass is 32.2. The van der Waals surface area contributed by atoms with Crippen LogP contribution in [0.1, 0.15) is 28.4 Å². The molecule has 0 aliphatic heterocycles. The normalized spacial score (nSPS) is 11.4. The summed E-state index contributed by atoms with van der Waals surface area (Å²) in [6.07, 6.45) is 1.80. The van der Waals surface area contributed by atoms with Gasteiger partial charge in [0.2, 0.25) is 0 Å². The van der Waals surface area contributed by atoms with Crippen molar-refractivity contribution in [1.82, 2.24) is 9.97 Å². The van der Waals surface area contributed by atoms with E-state index in [9.17, 15) is 9.90 Å². The molecular formula is C22H20N2O4S. The van der Waals surface area contributed by atoms with E-state index >= 15 is 0 Å². The quantitative estimate of drug-likeness (QED) is 0.185. The van der Waals surface area contributed by atoms with E-state index in [0.29, 0.717) is 12.2 Å². The fourth-order valence-electron chi connectivity index (χ4n) is 3.47. The summed E-state index contributed by atoms with van der Waals surface area (Å²) < 4.78 is 5.11. The van der Waals surface area contributed by atoms with Crippen molar-refractivity contribution in [2.24, 2.45) is 0 Å². The third-order valence-corrected chi connectivity index (χ3v) is 5.41.